The van der Waals surface area contributed by atoms with Crippen molar-refractivity contribution in [2.75, 3.05) is 31.9 Å². The highest BCUT2D eigenvalue weighted by Gasteiger charge is 2.20. The summed E-state index contributed by atoms with van der Waals surface area (Å²) >= 11 is 2.61. The number of carbonyl (C=O) groups is 2. The number of methoxy groups -OCH3 is 2. The molecular weight excluding hydrogens is 464 g/mol. The van der Waals surface area contributed by atoms with Gasteiger partial charge in [0.1, 0.15) is 5.00 Å². The van der Waals surface area contributed by atoms with Crippen molar-refractivity contribution in [3.8, 4) is 22.9 Å². The Morgan fingerprint density at radius 2 is 1.88 bits per heavy atom. The molecule has 2 heterocycles. The third-order valence-electron chi connectivity index (χ3n) is 4.61. The highest BCUT2D eigenvalue weighted by atomic mass is 32.2. The van der Waals surface area contributed by atoms with Crippen LogP contribution < -0.4 is 14.8 Å². The number of carbonyl (C=O) groups excluding carboxylic acids is 2. The predicted octanol–water partition coefficient (Wildman–Crippen LogP) is 4.26. The van der Waals surface area contributed by atoms with Crippen molar-refractivity contribution in [3.05, 3.63) is 34.7 Å². The van der Waals surface area contributed by atoms with Crippen LogP contribution in [0.3, 0.4) is 0 Å². The van der Waals surface area contributed by atoms with E-state index in [1.54, 1.807) is 27.2 Å². The molecule has 0 saturated carbocycles. The number of aromatic nitrogens is 3. The number of hydrogen-bond acceptors (Lipinski definition) is 9. The standard InChI is InChI=1S/C22H26N4O5S2/c1-6-26-19(14-8-9-16(29-4)17(11-14)30-5)24-25-22(26)32-12-18(27)23-20-15(10-13(3)33-20)21(28)31-7-2/h8-11H,6-7,12H2,1-5H3,(H,23,27). The molecule has 2 aromatic heterocycles. The summed E-state index contributed by atoms with van der Waals surface area (Å²) < 4.78 is 17.7. The van der Waals surface area contributed by atoms with Crippen LogP contribution in [0, 0.1) is 6.92 Å². The number of thioether (sulfide) groups is 1. The van der Waals surface area contributed by atoms with E-state index in [-0.39, 0.29) is 18.3 Å². The van der Waals surface area contributed by atoms with Gasteiger partial charge in [0, 0.05) is 17.0 Å². The lowest BCUT2D eigenvalue weighted by Crippen LogP contribution is -2.16. The largest absolute Gasteiger partial charge is 0.493 e. The van der Waals surface area contributed by atoms with Crippen molar-refractivity contribution >= 4 is 40.0 Å². The van der Waals surface area contributed by atoms with E-state index in [1.807, 2.05) is 36.6 Å². The second-order valence-electron chi connectivity index (χ2n) is 6.78. The molecule has 9 nitrogen and oxygen atoms in total. The van der Waals surface area contributed by atoms with Crippen LogP contribution in [0.25, 0.3) is 11.4 Å². The second kappa shape index (κ2) is 11.2. The number of ether oxygens (including phenoxy) is 3. The van der Waals surface area contributed by atoms with Crippen LogP contribution in [0.4, 0.5) is 5.00 Å². The fourth-order valence-electron chi connectivity index (χ4n) is 3.13. The van der Waals surface area contributed by atoms with Gasteiger partial charge in [-0.3, -0.25) is 4.79 Å². The smallest absolute Gasteiger partial charge is 0.341 e. The van der Waals surface area contributed by atoms with Gasteiger partial charge in [0.25, 0.3) is 0 Å². The zero-order valence-corrected chi connectivity index (χ0v) is 20.8. The van der Waals surface area contributed by atoms with Gasteiger partial charge >= 0.3 is 5.97 Å². The lowest BCUT2D eigenvalue weighted by Gasteiger charge is -2.11. The van der Waals surface area contributed by atoms with E-state index >= 15 is 0 Å². The number of esters is 1. The number of benzene rings is 1. The lowest BCUT2D eigenvalue weighted by molar-refractivity contribution is -0.113. The third kappa shape index (κ3) is 5.66. The maximum Gasteiger partial charge on any atom is 0.341 e. The molecule has 1 aromatic carbocycles. The molecule has 3 aromatic rings. The Morgan fingerprint density at radius 1 is 1.12 bits per heavy atom. The number of amides is 1. The maximum atomic E-state index is 12.6. The van der Waals surface area contributed by atoms with E-state index in [0.717, 1.165) is 10.4 Å². The van der Waals surface area contributed by atoms with Crippen molar-refractivity contribution in [1.82, 2.24) is 14.8 Å². The number of aryl methyl sites for hydroxylation is 1. The van der Waals surface area contributed by atoms with Gasteiger partial charge in [-0.2, -0.15) is 0 Å². The van der Waals surface area contributed by atoms with E-state index in [2.05, 4.69) is 15.5 Å². The summed E-state index contributed by atoms with van der Waals surface area (Å²) in [5.41, 5.74) is 1.19. The van der Waals surface area contributed by atoms with E-state index in [9.17, 15) is 9.59 Å². The molecule has 0 fully saturated rings. The molecule has 0 atom stereocenters. The molecule has 0 unspecified atom stereocenters. The fourth-order valence-corrected chi connectivity index (χ4v) is 4.85. The monoisotopic (exact) mass is 490 g/mol. The summed E-state index contributed by atoms with van der Waals surface area (Å²) in [5.74, 6) is 1.31. The summed E-state index contributed by atoms with van der Waals surface area (Å²) in [5, 5.41) is 12.5. The minimum atomic E-state index is -0.449. The third-order valence-corrected chi connectivity index (χ3v) is 6.54. The van der Waals surface area contributed by atoms with Crippen molar-refractivity contribution in [3.63, 3.8) is 0 Å². The Labute approximate surface area is 200 Å². The Balaban J connectivity index is 1.73. The Hall–Kier alpha value is -3.05. The van der Waals surface area contributed by atoms with Crippen LogP contribution in [-0.2, 0) is 16.1 Å². The molecule has 33 heavy (non-hydrogen) atoms. The number of hydrogen-bond donors (Lipinski definition) is 1. The van der Waals surface area contributed by atoms with E-state index < -0.39 is 5.97 Å². The van der Waals surface area contributed by atoms with Gasteiger partial charge in [0.2, 0.25) is 5.91 Å². The topological polar surface area (TPSA) is 105 Å². The van der Waals surface area contributed by atoms with Gasteiger partial charge in [0.15, 0.2) is 22.5 Å². The molecule has 1 N–H and O–H groups in total. The van der Waals surface area contributed by atoms with E-state index in [4.69, 9.17) is 14.2 Å². The number of nitrogens with one attached hydrogen (secondary N) is 1. The first-order valence-corrected chi connectivity index (χ1v) is 12.1. The van der Waals surface area contributed by atoms with E-state index in [1.165, 1.54) is 23.1 Å². The predicted molar refractivity (Wildman–Crippen MR) is 129 cm³/mol. The summed E-state index contributed by atoms with van der Waals surface area (Å²) in [7, 11) is 3.16. The SMILES string of the molecule is CCOC(=O)c1cc(C)sc1NC(=O)CSc1nnc(-c2ccc(OC)c(OC)c2)n1CC. The average molecular weight is 491 g/mol. The molecule has 0 aliphatic rings. The van der Waals surface area contributed by atoms with Crippen LogP contribution in [-0.4, -0.2) is 53.2 Å². The average Bonchev–Trinajstić information content (AvgIpc) is 3.39. The highest BCUT2D eigenvalue weighted by Crippen LogP contribution is 2.33. The molecule has 3 rings (SSSR count). The molecular formula is C22H26N4O5S2. The van der Waals surface area contributed by atoms with Crippen molar-refractivity contribution in [1.29, 1.82) is 0 Å². The molecule has 0 aliphatic heterocycles. The Kier molecular flexibility index (Phi) is 8.34. The zero-order valence-electron chi connectivity index (χ0n) is 19.1. The minimum Gasteiger partial charge on any atom is -0.493 e. The van der Waals surface area contributed by atoms with Gasteiger partial charge in [-0.05, 0) is 45.0 Å². The molecule has 0 bridgehead atoms. The summed E-state index contributed by atoms with van der Waals surface area (Å²) in [6.07, 6.45) is 0. The van der Waals surface area contributed by atoms with Gasteiger partial charge < -0.3 is 24.1 Å². The van der Waals surface area contributed by atoms with Gasteiger partial charge in [-0.15, -0.1) is 21.5 Å². The molecule has 0 aliphatic carbocycles. The Bertz CT molecular complexity index is 1140. The minimum absolute atomic E-state index is 0.114. The van der Waals surface area contributed by atoms with Crippen LogP contribution in [0.5, 0.6) is 11.5 Å². The highest BCUT2D eigenvalue weighted by molar-refractivity contribution is 7.99. The Morgan fingerprint density at radius 3 is 2.55 bits per heavy atom. The quantitative estimate of drug-likeness (QED) is 0.332. The summed E-state index contributed by atoms with van der Waals surface area (Å²) in [6.45, 7) is 6.49. The first-order chi connectivity index (χ1) is 15.9. The summed E-state index contributed by atoms with van der Waals surface area (Å²) in [6, 6.07) is 7.25. The van der Waals surface area contributed by atoms with Crippen LogP contribution >= 0.6 is 23.1 Å². The molecule has 11 heteroatoms. The first-order valence-electron chi connectivity index (χ1n) is 10.3. The molecule has 176 valence electrons. The van der Waals surface area contributed by atoms with Crippen LogP contribution in [0.1, 0.15) is 29.1 Å². The van der Waals surface area contributed by atoms with Gasteiger partial charge in [-0.1, -0.05) is 11.8 Å². The molecule has 0 spiro atoms. The maximum absolute atomic E-state index is 12.6. The fraction of sp³-hybridized carbons (Fsp3) is 0.364. The van der Waals surface area contributed by atoms with Crippen LogP contribution in [0.15, 0.2) is 29.4 Å². The van der Waals surface area contributed by atoms with Gasteiger partial charge in [0.05, 0.1) is 32.1 Å². The number of nitrogens with zero attached hydrogens (tertiary/aromatic N) is 3. The summed E-state index contributed by atoms with van der Waals surface area (Å²) in [4.78, 5) is 25.6. The van der Waals surface area contributed by atoms with Crippen molar-refractivity contribution in [2.45, 2.75) is 32.5 Å². The number of thiophene rings is 1. The van der Waals surface area contributed by atoms with Gasteiger partial charge in [-0.25, -0.2) is 4.79 Å². The van der Waals surface area contributed by atoms with Crippen LogP contribution in [0.2, 0.25) is 0 Å². The number of rotatable bonds is 10. The first kappa shape index (κ1) is 24.6. The molecule has 1 amide bonds. The zero-order chi connectivity index (χ0) is 24.0. The van der Waals surface area contributed by atoms with Crippen molar-refractivity contribution < 1.29 is 23.8 Å². The lowest BCUT2D eigenvalue weighted by atomic mass is 10.2. The number of anilines is 1. The van der Waals surface area contributed by atoms with E-state index in [0.29, 0.717) is 39.6 Å². The normalized spacial score (nSPS) is 10.7. The molecule has 0 saturated heterocycles. The molecule has 0 radical (unpaired) electrons. The van der Waals surface area contributed by atoms with Crippen molar-refractivity contribution in [2.24, 2.45) is 0 Å². The second-order valence-corrected chi connectivity index (χ2v) is 8.98.